The molecule has 1 fully saturated rings. The van der Waals surface area contributed by atoms with Crippen molar-refractivity contribution in [2.45, 2.75) is 32.7 Å². The molecule has 1 atom stereocenters. The Morgan fingerprint density at radius 2 is 2.13 bits per heavy atom. The second-order valence-electron chi connectivity index (χ2n) is 5.90. The first-order valence-corrected chi connectivity index (χ1v) is 7.96. The fraction of sp³-hybridized carbons (Fsp3) is 0.471. The molecular weight excluding hydrogens is 290 g/mol. The Hall–Kier alpha value is -2.39. The number of aromatic nitrogens is 2. The van der Waals surface area contributed by atoms with Crippen LogP contribution in [0.1, 0.15) is 41.5 Å². The van der Waals surface area contributed by atoms with Crippen LogP contribution >= 0.6 is 0 Å². The van der Waals surface area contributed by atoms with E-state index in [1.807, 2.05) is 26.0 Å². The van der Waals surface area contributed by atoms with E-state index in [0.29, 0.717) is 17.9 Å². The standard InChI is InChI=1S/C17H21N5O/c1-12-13(2)20-21-17(14(12)10-18)19-11-15(16-6-5-9-23-16)22-7-3-4-8-22/h5-6,9,15H,3-4,7-8,11H2,1-2H3,(H,19,21). The zero-order valence-corrected chi connectivity index (χ0v) is 13.5. The van der Waals surface area contributed by atoms with Crippen molar-refractivity contribution in [1.29, 1.82) is 5.26 Å². The molecule has 6 nitrogen and oxygen atoms in total. The van der Waals surface area contributed by atoms with Gasteiger partial charge in [0.15, 0.2) is 5.82 Å². The van der Waals surface area contributed by atoms with Gasteiger partial charge in [0.2, 0.25) is 0 Å². The van der Waals surface area contributed by atoms with Crippen molar-refractivity contribution < 1.29 is 4.42 Å². The highest BCUT2D eigenvalue weighted by Gasteiger charge is 2.26. The van der Waals surface area contributed by atoms with E-state index in [1.54, 1.807) is 6.26 Å². The Bertz CT molecular complexity index is 699. The number of nitrogens with one attached hydrogen (secondary N) is 1. The van der Waals surface area contributed by atoms with Crippen molar-refractivity contribution >= 4 is 5.82 Å². The number of rotatable bonds is 5. The van der Waals surface area contributed by atoms with Crippen LogP contribution in [0.4, 0.5) is 5.82 Å². The summed E-state index contributed by atoms with van der Waals surface area (Å²) in [6.45, 7) is 6.54. The summed E-state index contributed by atoms with van der Waals surface area (Å²) in [6, 6.07) is 6.29. The monoisotopic (exact) mass is 311 g/mol. The van der Waals surface area contributed by atoms with Gasteiger partial charge in [-0.1, -0.05) is 0 Å². The summed E-state index contributed by atoms with van der Waals surface area (Å²) in [5.74, 6) is 1.49. The van der Waals surface area contributed by atoms with Gasteiger partial charge < -0.3 is 9.73 Å². The van der Waals surface area contributed by atoms with Gasteiger partial charge in [-0.15, -0.1) is 5.10 Å². The molecule has 1 aliphatic heterocycles. The Labute approximate surface area is 136 Å². The maximum Gasteiger partial charge on any atom is 0.167 e. The van der Waals surface area contributed by atoms with Gasteiger partial charge in [0.25, 0.3) is 0 Å². The molecule has 3 rings (SSSR count). The molecule has 0 amide bonds. The smallest absolute Gasteiger partial charge is 0.167 e. The van der Waals surface area contributed by atoms with E-state index in [4.69, 9.17) is 4.42 Å². The fourth-order valence-electron chi connectivity index (χ4n) is 3.01. The van der Waals surface area contributed by atoms with E-state index in [0.717, 1.165) is 30.1 Å². The number of nitriles is 1. The zero-order chi connectivity index (χ0) is 16.2. The maximum absolute atomic E-state index is 9.40. The summed E-state index contributed by atoms with van der Waals surface area (Å²) in [7, 11) is 0. The molecule has 6 heteroatoms. The van der Waals surface area contributed by atoms with Crippen molar-refractivity contribution in [3.63, 3.8) is 0 Å². The molecule has 3 heterocycles. The first-order chi connectivity index (χ1) is 11.2. The lowest BCUT2D eigenvalue weighted by Crippen LogP contribution is -2.31. The van der Waals surface area contributed by atoms with Crippen LogP contribution in [0.2, 0.25) is 0 Å². The van der Waals surface area contributed by atoms with Gasteiger partial charge in [0.05, 0.1) is 18.0 Å². The van der Waals surface area contributed by atoms with Crippen LogP contribution in [0.25, 0.3) is 0 Å². The normalized spacial score (nSPS) is 16.2. The second-order valence-corrected chi connectivity index (χ2v) is 5.90. The summed E-state index contributed by atoms with van der Waals surface area (Å²) >= 11 is 0. The van der Waals surface area contributed by atoms with Gasteiger partial charge in [-0.25, -0.2) is 0 Å². The van der Waals surface area contributed by atoms with E-state index in [1.165, 1.54) is 12.8 Å². The number of anilines is 1. The van der Waals surface area contributed by atoms with Crippen molar-refractivity contribution in [3.8, 4) is 6.07 Å². The minimum Gasteiger partial charge on any atom is -0.468 e. The molecule has 2 aromatic heterocycles. The number of furan rings is 1. The SMILES string of the molecule is Cc1nnc(NCC(c2ccco2)N2CCCC2)c(C#N)c1C. The lowest BCUT2D eigenvalue weighted by atomic mass is 10.1. The lowest BCUT2D eigenvalue weighted by molar-refractivity contribution is 0.225. The van der Waals surface area contributed by atoms with Crippen LogP contribution in [-0.2, 0) is 0 Å². The number of likely N-dealkylation sites (tertiary alicyclic amines) is 1. The average molecular weight is 311 g/mol. The lowest BCUT2D eigenvalue weighted by Gasteiger charge is -2.26. The highest BCUT2D eigenvalue weighted by atomic mass is 16.3. The molecule has 0 aliphatic carbocycles. The predicted molar refractivity (Wildman–Crippen MR) is 87.0 cm³/mol. The van der Waals surface area contributed by atoms with E-state index in [9.17, 15) is 5.26 Å². The van der Waals surface area contributed by atoms with Crippen molar-refractivity contribution in [3.05, 3.63) is 41.0 Å². The number of hydrogen-bond acceptors (Lipinski definition) is 6. The molecule has 1 aliphatic rings. The van der Waals surface area contributed by atoms with Gasteiger partial charge in [-0.3, -0.25) is 4.90 Å². The topological polar surface area (TPSA) is 78.0 Å². The highest BCUT2D eigenvalue weighted by molar-refractivity contribution is 5.55. The van der Waals surface area contributed by atoms with E-state index in [-0.39, 0.29) is 6.04 Å². The number of aryl methyl sites for hydroxylation is 1. The molecule has 1 unspecified atom stereocenters. The number of nitrogens with zero attached hydrogens (tertiary/aromatic N) is 4. The molecule has 120 valence electrons. The third-order valence-corrected chi connectivity index (χ3v) is 4.48. The van der Waals surface area contributed by atoms with Gasteiger partial charge >= 0.3 is 0 Å². The van der Waals surface area contributed by atoms with Crippen LogP contribution in [0.5, 0.6) is 0 Å². The zero-order valence-electron chi connectivity index (χ0n) is 13.5. The third-order valence-electron chi connectivity index (χ3n) is 4.48. The molecule has 1 N–H and O–H groups in total. The molecule has 0 saturated carbocycles. The minimum atomic E-state index is 0.141. The molecule has 23 heavy (non-hydrogen) atoms. The molecule has 1 saturated heterocycles. The van der Waals surface area contributed by atoms with Crippen molar-refractivity contribution in [2.75, 3.05) is 25.0 Å². The first kappa shape index (κ1) is 15.5. The van der Waals surface area contributed by atoms with Crippen LogP contribution in [0, 0.1) is 25.2 Å². The van der Waals surface area contributed by atoms with Gasteiger partial charge in [-0.05, 0) is 57.5 Å². The van der Waals surface area contributed by atoms with E-state index >= 15 is 0 Å². The van der Waals surface area contributed by atoms with Gasteiger partial charge in [0.1, 0.15) is 17.4 Å². The van der Waals surface area contributed by atoms with E-state index < -0.39 is 0 Å². The second kappa shape index (κ2) is 6.80. The van der Waals surface area contributed by atoms with Gasteiger partial charge in [-0.2, -0.15) is 10.4 Å². The van der Waals surface area contributed by atoms with E-state index in [2.05, 4.69) is 26.5 Å². The summed E-state index contributed by atoms with van der Waals surface area (Å²) < 4.78 is 5.61. The Morgan fingerprint density at radius 3 is 2.78 bits per heavy atom. The quantitative estimate of drug-likeness (QED) is 0.915. The molecular formula is C17H21N5O. The van der Waals surface area contributed by atoms with Crippen molar-refractivity contribution in [1.82, 2.24) is 15.1 Å². The summed E-state index contributed by atoms with van der Waals surface area (Å²) in [6.07, 6.45) is 4.13. The molecule has 0 aromatic carbocycles. The summed E-state index contributed by atoms with van der Waals surface area (Å²) in [4.78, 5) is 2.41. The third kappa shape index (κ3) is 3.20. The Morgan fingerprint density at radius 1 is 1.35 bits per heavy atom. The van der Waals surface area contributed by atoms with Crippen LogP contribution in [0.3, 0.4) is 0 Å². The van der Waals surface area contributed by atoms with Crippen LogP contribution < -0.4 is 5.32 Å². The fourth-order valence-corrected chi connectivity index (χ4v) is 3.01. The Kier molecular flexibility index (Phi) is 4.58. The van der Waals surface area contributed by atoms with Crippen LogP contribution in [0.15, 0.2) is 22.8 Å². The molecule has 0 spiro atoms. The minimum absolute atomic E-state index is 0.141. The summed E-state index contributed by atoms with van der Waals surface area (Å²) in [5.41, 5.74) is 2.23. The largest absolute Gasteiger partial charge is 0.468 e. The first-order valence-electron chi connectivity index (χ1n) is 7.96. The molecule has 2 aromatic rings. The van der Waals surface area contributed by atoms with Crippen LogP contribution in [-0.4, -0.2) is 34.7 Å². The average Bonchev–Trinajstić information content (AvgIpc) is 3.25. The maximum atomic E-state index is 9.40. The Balaban J connectivity index is 1.80. The van der Waals surface area contributed by atoms with Crippen molar-refractivity contribution in [2.24, 2.45) is 0 Å². The summed E-state index contributed by atoms with van der Waals surface area (Å²) in [5, 5.41) is 21.0. The molecule has 0 bridgehead atoms. The highest BCUT2D eigenvalue weighted by Crippen LogP contribution is 2.26. The molecule has 0 radical (unpaired) electrons. The van der Waals surface area contributed by atoms with Gasteiger partial charge in [0, 0.05) is 6.54 Å². The predicted octanol–water partition coefficient (Wildman–Crippen LogP) is 2.81. The number of hydrogen-bond donors (Lipinski definition) is 1.